The first-order valence-corrected chi connectivity index (χ1v) is 29.9. The fourth-order valence-corrected chi connectivity index (χ4v) is 26.2. The highest BCUT2D eigenvalue weighted by Crippen LogP contribution is 2.73. The van der Waals surface area contributed by atoms with Crippen molar-refractivity contribution in [1.29, 1.82) is 0 Å². The predicted octanol–water partition coefficient (Wildman–Crippen LogP) is 14.5. The highest BCUT2D eigenvalue weighted by atomic mass is 32.2. The van der Waals surface area contributed by atoms with E-state index in [-0.39, 0.29) is 0 Å². The van der Waals surface area contributed by atoms with E-state index in [1.165, 1.54) is 77.0 Å². The molecule has 59 heavy (non-hydrogen) atoms. The molecule has 10 aliphatic carbocycles. The first-order valence-electron chi connectivity index (χ1n) is 28.0. The molecule has 330 valence electrons. The lowest BCUT2D eigenvalue weighted by Gasteiger charge is -2.58. The monoisotopic (exact) mass is 842 g/mol. The van der Waals surface area contributed by atoms with Crippen LogP contribution in [0.3, 0.4) is 0 Å². The van der Waals surface area contributed by atoms with E-state index in [1.807, 2.05) is 0 Å². The molecule has 0 spiro atoms. The highest BCUT2D eigenvalue weighted by molar-refractivity contribution is 8.02. The van der Waals surface area contributed by atoms with Crippen LogP contribution in [0.1, 0.15) is 212 Å². The number of rotatable bonds is 5. The molecule has 0 aromatic rings. The molecule has 3 saturated heterocycles. The fraction of sp³-hybridized carbons (Fsp3) is 1.00. The molecular formula is C55H87NOS2. The number of thioether (sulfide) groups is 2. The molecule has 4 heteroatoms. The van der Waals surface area contributed by atoms with Crippen LogP contribution in [-0.2, 0) is 4.74 Å². The summed E-state index contributed by atoms with van der Waals surface area (Å²) in [6, 6.07) is 2.51. The summed E-state index contributed by atoms with van der Waals surface area (Å²) in [5.41, 5.74) is 0.695. The zero-order valence-corrected chi connectivity index (χ0v) is 39.3. The minimum absolute atomic E-state index is 0.580. The van der Waals surface area contributed by atoms with Gasteiger partial charge in [-0.15, -0.1) is 0 Å². The van der Waals surface area contributed by atoms with Gasteiger partial charge in [-0.05, 0) is 205 Å². The Hall–Kier alpha value is 0.620. The zero-order valence-electron chi connectivity index (χ0n) is 37.6. The van der Waals surface area contributed by atoms with Gasteiger partial charge in [0.05, 0.1) is 12.2 Å². The van der Waals surface area contributed by atoms with Crippen molar-refractivity contribution < 1.29 is 4.74 Å². The molecule has 2 nitrogen and oxygen atoms in total. The van der Waals surface area contributed by atoms with E-state index in [2.05, 4.69) is 28.4 Å². The summed E-state index contributed by atoms with van der Waals surface area (Å²) in [6.07, 6.45) is 52.3. The predicted molar refractivity (Wildman–Crippen MR) is 249 cm³/mol. The van der Waals surface area contributed by atoms with Crippen molar-refractivity contribution in [3.05, 3.63) is 0 Å². The molecule has 0 aromatic heterocycles. The molecule has 13 rings (SSSR count). The lowest BCUT2D eigenvalue weighted by Crippen LogP contribution is -2.59. The second-order valence-electron chi connectivity index (χ2n) is 24.9. The molecule has 19 unspecified atom stereocenters. The van der Waals surface area contributed by atoms with Crippen molar-refractivity contribution in [1.82, 2.24) is 4.90 Å². The standard InChI is InChI=1S/C55H87NOS2/c1-3-14-34(15-4-1)55(35-16-5-2-6-17-35)45-22-10-7-18-38(45)39-28-26-36(32-46(39)55)56(37-27-29-41-40-19-8-11-24-48(40)57-49(41)33-37)47-23-13-21-42-43-30-31-51-52(54(43)59-53(42)47)44-20-9-12-25-50(44)58-51/h34-54H,1-33H2. The van der Waals surface area contributed by atoms with Crippen molar-refractivity contribution in [2.45, 2.75) is 263 Å². The maximum atomic E-state index is 7.28. The number of hydrogen-bond acceptors (Lipinski definition) is 4. The van der Waals surface area contributed by atoms with Crippen LogP contribution >= 0.6 is 23.5 Å². The van der Waals surface area contributed by atoms with E-state index in [0.29, 0.717) is 17.6 Å². The van der Waals surface area contributed by atoms with E-state index in [0.717, 1.165) is 110 Å². The Labute approximate surface area is 370 Å². The molecule has 10 saturated carbocycles. The smallest absolute Gasteiger partial charge is 0.0625 e. The summed E-state index contributed by atoms with van der Waals surface area (Å²) in [4.78, 5) is 3.55. The fourth-order valence-electron chi connectivity index (χ4n) is 21.6. The van der Waals surface area contributed by atoms with Gasteiger partial charge in [-0.2, -0.15) is 23.5 Å². The van der Waals surface area contributed by atoms with Crippen LogP contribution in [0.15, 0.2) is 0 Å². The molecule has 0 amide bonds. The summed E-state index contributed by atoms with van der Waals surface area (Å²) in [5.74, 6) is 12.4. The Balaban J connectivity index is 0.858. The molecular weight excluding hydrogens is 755 g/mol. The lowest BCUT2D eigenvalue weighted by atomic mass is 9.48. The molecule has 0 aromatic carbocycles. The molecule has 0 N–H and O–H groups in total. The van der Waals surface area contributed by atoms with Crippen molar-refractivity contribution in [3.8, 4) is 0 Å². The van der Waals surface area contributed by atoms with Crippen LogP contribution in [0.25, 0.3) is 0 Å². The SMILES string of the molecule is C1CCC(C2(C3CCCCC3)C3CCCCC3C3CCC(N(C4CCC5C(C4)OC4CCCCC45)C4CCCC5C6CCC7SC8CCCCC8C7C6SC54)CC32)CC1. The number of nitrogens with zero attached hydrogens (tertiary/aromatic N) is 1. The normalized spacial score (nSPS) is 53.3. The van der Waals surface area contributed by atoms with E-state index >= 15 is 0 Å². The van der Waals surface area contributed by atoms with Gasteiger partial charge in [-0.25, -0.2) is 0 Å². The van der Waals surface area contributed by atoms with Gasteiger partial charge in [0, 0.05) is 39.1 Å². The topological polar surface area (TPSA) is 12.5 Å². The Morgan fingerprint density at radius 1 is 0.373 bits per heavy atom. The Morgan fingerprint density at radius 2 is 0.966 bits per heavy atom. The Bertz CT molecular complexity index is 1450. The summed E-state index contributed by atoms with van der Waals surface area (Å²) in [5, 5.41) is 3.97. The van der Waals surface area contributed by atoms with Gasteiger partial charge in [0.2, 0.25) is 0 Å². The Kier molecular flexibility index (Phi) is 11.2. The molecule has 0 radical (unpaired) electrons. The maximum Gasteiger partial charge on any atom is 0.0625 e. The third-order valence-electron chi connectivity index (χ3n) is 23.2. The second-order valence-corrected chi connectivity index (χ2v) is 27.8. The van der Waals surface area contributed by atoms with E-state index in [4.69, 9.17) is 4.74 Å². The van der Waals surface area contributed by atoms with Crippen molar-refractivity contribution in [3.63, 3.8) is 0 Å². The maximum absolute atomic E-state index is 7.28. The molecule has 19 atom stereocenters. The van der Waals surface area contributed by atoms with Crippen LogP contribution in [-0.4, -0.2) is 56.2 Å². The third kappa shape index (κ3) is 6.46. The average molecular weight is 842 g/mol. The summed E-state index contributed by atoms with van der Waals surface area (Å²) in [6.45, 7) is 0. The second kappa shape index (κ2) is 16.5. The molecule has 13 fully saturated rings. The van der Waals surface area contributed by atoms with Crippen LogP contribution in [0.4, 0.5) is 0 Å². The average Bonchev–Trinajstić information content (AvgIpc) is 4.05. The van der Waals surface area contributed by atoms with E-state index < -0.39 is 0 Å². The summed E-state index contributed by atoms with van der Waals surface area (Å²) >= 11 is 5.24. The largest absolute Gasteiger partial charge is 0.374 e. The van der Waals surface area contributed by atoms with Gasteiger partial charge in [-0.1, -0.05) is 83.5 Å². The van der Waals surface area contributed by atoms with Gasteiger partial charge in [0.25, 0.3) is 0 Å². The van der Waals surface area contributed by atoms with Crippen LogP contribution in [0, 0.1) is 76.4 Å². The molecule has 0 bridgehead atoms. The van der Waals surface area contributed by atoms with Crippen LogP contribution < -0.4 is 0 Å². The van der Waals surface area contributed by atoms with E-state index in [9.17, 15) is 0 Å². The molecule has 13 aliphatic rings. The van der Waals surface area contributed by atoms with Crippen molar-refractivity contribution >= 4 is 23.5 Å². The quantitative estimate of drug-likeness (QED) is 0.273. The minimum atomic E-state index is 0.580. The minimum Gasteiger partial charge on any atom is -0.374 e. The van der Waals surface area contributed by atoms with Crippen molar-refractivity contribution in [2.24, 2.45) is 76.4 Å². The first kappa shape index (κ1) is 39.9. The van der Waals surface area contributed by atoms with Gasteiger partial charge in [0.1, 0.15) is 0 Å². The number of hydrogen-bond donors (Lipinski definition) is 0. The Morgan fingerprint density at radius 3 is 1.78 bits per heavy atom. The first-order chi connectivity index (χ1) is 29.3. The summed E-state index contributed by atoms with van der Waals surface area (Å²) < 4.78 is 7.28. The molecule has 3 aliphatic heterocycles. The summed E-state index contributed by atoms with van der Waals surface area (Å²) in [7, 11) is 0. The number of fused-ring (bicyclic) bond motifs is 13. The van der Waals surface area contributed by atoms with E-state index in [1.54, 1.807) is 135 Å². The van der Waals surface area contributed by atoms with Gasteiger partial charge >= 0.3 is 0 Å². The third-order valence-corrected chi connectivity index (χ3v) is 27.0. The van der Waals surface area contributed by atoms with Crippen LogP contribution in [0.2, 0.25) is 0 Å². The number of ether oxygens (including phenoxy) is 1. The highest BCUT2D eigenvalue weighted by Gasteiger charge is 2.67. The van der Waals surface area contributed by atoms with Gasteiger partial charge in [0.15, 0.2) is 0 Å². The van der Waals surface area contributed by atoms with Crippen LogP contribution in [0.5, 0.6) is 0 Å². The molecule has 3 heterocycles. The van der Waals surface area contributed by atoms with Gasteiger partial charge < -0.3 is 4.74 Å². The zero-order chi connectivity index (χ0) is 38.7. The van der Waals surface area contributed by atoms with Gasteiger partial charge in [-0.3, -0.25) is 4.90 Å². The van der Waals surface area contributed by atoms with Crippen molar-refractivity contribution in [2.75, 3.05) is 0 Å². The lowest BCUT2D eigenvalue weighted by molar-refractivity contribution is -0.0949.